The van der Waals surface area contributed by atoms with Crippen LogP contribution in [0.3, 0.4) is 0 Å². The van der Waals surface area contributed by atoms with Crippen molar-refractivity contribution in [2.24, 2.45) is 0 Å². The van der Waals surface area contributed by atoms with Gasteiger partial charge in [0.1, 0.15) is 5.56 Å². The van der Waals surface area contributed by atoms with E-state index >= 15 is 0 Å². The van der Waals surface area contributed by atoms with Gasteiger partial charge in [0, 0.05) is 23.8 Å². The normalized spacial score (nSPS) is 10.2. The highest BCUT2D eigenvalue weighted by atomic mass is 16.6. The summed E-state index contributed by atoms with van der Waals surface area (Å²) < 4.78 is 0. The van der Waals surface area contributed by atoms with Gasteiger partial charge in [-0.3, -0.25) is 29.8 Å². The summed E-state index contributed by atoms with van der Waals surface area (Å²) in [7, 11) is 0. The van der Waals surface area contributed by atoms with E-state index in [4.69, 9.17) is 0 Å². The molecular formula is C21H14N4O8. The number of aromatic carboxylic acids is 1. The number of rotatable bonds is 7. The molecule has 0 atom stereocenters. The Hall–Kier alpha value is -5.13. The van der Waals surface area contributed by atoms with Gasteiger partial charge in [-0.05, 0) is 30.3 Å². The molecule has 3 aromatic carbocycles. The molecule has 3 aromatic rings. The summed E-state index contributed by atoms with van der Waals surface area (Å²) in [5.41, 5.74) is -1.77. The second-order valence-electron chi connectivity index (χ2n) is 6.52. The van der Waals surface area contributed by atoms with Crippen molar-refractivity contribution in [2.45, 2.75) is 0 Å². The highest BCUT2D eigenvalue weighted by Crippen LogP contribution is 2.26. The smallest absolute Gasteiger partial charge is 0.343 e. The zero-order chi connectivity index (χ0) is 24.1. The van der Waals surface area contributed by atoms with Crippen LogP contribution >= 0.6 is 0 Å². The zero-order valence-electron chi connectivity index (χ0n) is 16.6. The Balaban J connectivity index is 1.87. The topological polar surface area (TPSA) is 182 Å². The lowest BCUT2D eigenvalue weighted by Gasteiger charge is -2.13. The van der Waals surface area contributed by atoms with Crippen molar-refractivity contribution in [1.82, 2.24) is 0 Å². The number of hydrogen-bond donors (Lipinski definition) is 3. The highest BCUT2D eigenvalue weighted by Gasteiger charge is 2.27. The molecule has 0 fully saturated rings. The largest absolute Gasteiger partial charge is 0.477 e. The minimum absolute atomic E-state index is 0.0978. The number of non-ortho nitro benzene ring substituents is 1. The average molecular weight is 450 g/mol. The average Bonchev–Trinajstić information content (AvgIpc) is 2.79. The van der Waals surface area contributed by atoms with Gasteiger partial charge >= 0.3 is 5.97 Å². The molecule has 3 rings (SSSR count). The number of para-hydroxylation sites is 2. The number of nitro groups is 2. The first kappa shape index (κ1) is 22.6. The van der Waals surface area contributed by atoms with E-state index in [0.29, 0.717) is 0 Å². The van der Waals surface area contributed by atoms with Gasteiger partial charge in [0.2, 0.25) is 0 Å². The van der Waals surface area contributed by atoms with E-state index in [0.717, 1.165) is 12.1 Å². The summed E-state index contributed by atoms with van der Waals surface area (Å²) in [4.78, 5) is 57.2. The molecule has 0 aliphatic heterocycles. The van der Waals surface area contributed by atoms with Gasteiger partial charge < -0.3 is 15.7 Å². The molecule has 0 heterocycles. The van der Waals surface area contributed by atoms with Crippen molar-refractivity contribution in [3.8, 4) is 0 Å². The van der Waals surface area contributed by atoms with Crippen molar-refractivity contribution in [3.05, 3.63) is 104 Å². The molecule has 12 nitrogen and oxygen atoms in total. The number of nitro benzene ring substituents is 2. The maximum atomic E-state index is 12.7. The lowest BCUT2D eigenvalue weighted by molar-refractivity contribution is -0.385. The first-order valence-corrected chi connectivity index (χ1v) is 9.16. The van der Waals surface area contributed by atoms with E-state index in [9.17, 15) is 39.7 Å². The Morgan fingerprint density at radius 2 is 1.30 bits per heavy atom. The lowest BCUT2D eigenvalue weighted by Crippen LogP contribution is -2.19. The molecule has 0 spiro atoms. The van der Waals surface area contributed by atoms with Crippen molar-refractivity contribution in [1.29, 1.82) is 0 Å². The third kappa shape index (κ3) is 4.96. The molecule has 12 heteroatoms. The number of carbonyl (C=O) groups is 3. The van der Waals surface area contributed by atoms with Crippen LogP contribution in [0.25, 0.3) is 0 Å². The number of hydrogen-bond acceptors (Lipinski definition) is 7. The Kier molecular flexibility index (Phi) is 6.39. The number of nitrogens with zero attached hydrogens (tertiary/aromatic N) is 2. The molecule has 0 saturated heterocycles. The van der Waals surface area contributed by atoms with E-state index in [-0.39, 0.29) is 22.6 Å². The Labute approximate surface area is 184 Å². The maximum absolute atomic E-state index is 12.7. The second-order valence-corrected chi connectivity index (χ2v) is 6.52. The van der Waals surface area contributed by atoms with Crippen molar-refractivity contribution in [2.75, 3.05) is 10.6 Å². The number of carbonyl (C=O) groups excluding carboxylic acids is 2. The summed E-state index contributed by atoms with van der Waals surface area (Å²) in [6, 6.07) is 14.1. The molecule has 0 bridgehead atoms. The Morgan fingerprint density at radius 1 is 0.727 bits per heavy atom. The van der Waals surface area contributed by atoms with E-state index in [2.05, 4.69) is 10.6 Å². The van der Waals surface area contributed by atoms with Crippen LogP contribution in [0.4, 0.5) is 22.7 Å². The molecule has 0 aliphatic rings. The third-order valence-corrected chi connectivity index (χ3v) is 4.46. The monoisotopic (exact) mass is 450 g/mol. The first-order valence-electron chi connectivity index (χ1n) is 9.16. The first-order chi connectivity index (χ1) is 15.7. The minimum atomic E-state index is -1.65. The predicted octanol–water partition coefficient (Wildman–Crippen LogP) is 3.71. The second kappa shape index (κ2) is 9.34. The van der Waals surface area contributed by atoms with Crippen LogP contribution in [0, 0.1) is 20.2 Å². The standard InChI is InChI=1S/C21H14N4O8/c26-19(12-8-10-13(11-9-12)24(30)31)22-15-5-1-2-6-16(15)23-20(27)14-4-3-7-17(25(32)33)18(14)21(28)29/h1-11H,(H,22,26)(H,23,27)(H,28,29). The SMILES string of the molecule is O=C(Nc1ccccc1NC(=O)c1cccc([N+](=O)[O-])c1C(=O)O)c1ccc([N+](=O)[O-])cc1. The molecule has 3 N–H and O–H groups in total. The fourth-order valence-corrected chi connectivity index (χ4v) is 2.93. The number of benzene rings is 3. The quantitative estimate of drug-likeness (QED) is 0.359. The van der Waals surface area contributed by atoms with E-state index in [1.807, 2.05) is 0 Å². The van der Waals surface area contributed by atoms with Crippen LogP contribution in [-0.4, -0.2) is 32.7 Å². The van der Waals surface area contributed by atoms with E-state index in [1.165, 1.54) is 42.5 Å². The fourth-order valence-electron chi connectivity index (χ4n) is 2.93. The molecule has 166 valence electrons. The van der Waals surface area contributed by atoms with Crippen molar-refractivity contribution < 1.29 is 29.3 Å². The van der Waals surface area contributed by atoms with Gasteiger partial charge in [-0.15, -0.1) is 0 Å². The fraction of sp³-hybridized carbons (Fsp3) is 0. The molecule has 0 aliphatic carbocycles. The molecule has 0 saturated carbocycles. The van der Waals surface area contributed by atoms with Crippen LogP contribution in [-0.2, 0) is 0 Å². The number of carboxylic acids is 1. The summed E-state index contributed by atoms with van der Waals surface area (Å²) in [5, 5.41) is 36.3. The van der Waals surface area contributed by atoms with Gasteiger partial charge in [0.25, 0.3) is 23.2 Å². The van der Waals surface area contributed by atoms with Crippen LogP contribution in [0.15, 0.2) is 66.7 Å². The minimum Gasteiger partial charge on any atom is -0.477 e. The Morgan fingerprint density at radius 3 is 1.82 bits per heavy atom. The summed E-state index contributed by atoms with van der Waals surface area (Å²) in [6.45, 7) is 0. The zero-order valence-corrected chi connectivity index (χ0v) is 16.6. The van der Waals surface area contributed by atoms with Crippen LogP contribution < -0.4 is 10.6 Å². The van der Waals surface area contributed by atoms with Crippen LogP contribution in [0.2, 0.25) is 0 Å². The molecule has 2 amide bonds. The molecular weight excluding hydrogens is 436 g/mol. The van der Waals surface area contributed by atoms with Crippen molar-refractivity contribution in [3.63, 3.8) is 0 Å². The van der Waals surface area contributed by atoms with E-state index in [1.54, 1.807) is 12.1 Å². The number of nitrogens with one attached hydrogen (secondary N) is 2. The molecule has 0 radical (unpaired) electrons. The number of anilines is 2. The molecule has 0 unspecified atom stereocenters. The Bertz CT molecular complexity index is 1290. The van der Waals surface area contributed by atoms with Crippen LogP contribution in [0.1, 0.15) is 31.1 Å². The highest BCUT2D eigenvalue weighted by molar-refractivity contribution is 6.14. The van der Waals surface area contributed by atoms with Gasteiger partial charge in [0.15, 0.2) is 0 Å². The van der Waals surface area contributed by atoms with Gasteiger partial charge in [-0.2, -0.15) is 0 Å². The molecule has 0 aromatic heterocycles. The lowest BCUT2D eigenvalue weighted by atomic mass is 10.0. The maximum Gasteiger partial charge on any atom is 0.343 e. The summed E-state index contributed by atoms with van der Waals surface area (Å²) in [5.74, 6) is -3.20. The summed E-state index contributed by atoms with van der Waals surface area (Å²) in [6.07, 6.45) is 0. The third-order valence-electron chi connectivity index (χ3n) is 4.46. The predicted molar refractivity (Wildman–Crippen MR) is 116 cm³/mol. The number of amides is 2. The number of carboxylic acid groups (broad SMARTS) is 1. The van der Waals surface area contributed by atoms with E-state index < -0.39 is 44.4 Å². The summed E-state index contributed by atoms with van der Waals surface area (Å²) >= 11 is 0. The van der Waals surface area contributed by atoms with Gasteiger partial charge in [-0.25, -0.2) is 4.79 Å². The van der Waals surface area contributed by atoms with Gasteiger partial charge in [-0.1, -0.05) is 18.2 Å². The molecule has 33 heavy (non-hydrogen) atoms. The van der Waals surface area contributed by atoms with Crippen molar-refractivity contribution >= 4 is 40.5 Å². The van der Waals surface area contributed by atoms with Crippen LogP contribution in [0.5, 0.6) is 0 Å². The van der Waals surface area contributed by atoms with Gasteiger partial charge in [0.05, 0.1) is 26.8 Å².